The Morgan fingerprint density at radius 2 is 2.00 bits per heavy atom. The van der Waals surface area contributed by atoms with Crippen LogP contribution in [0, 0.1) is 0 Å². The molecule has 3 heterocycles. The average Bonchev–Trinajstić information content (AvgIpc) is 3.56. The molecule has 1 saturated carbocycles. The first-order valence-electron chi connectivity index (χ1n) is 12.8. The molecule has 2 atom stereocenters. The fourth-order valence-corrected chi connectivity index (χ4v) is 4.95. The lowest BCUT2D eigenvalue weighted by Crippen LogP contribution is -2.39. The van der Waals surface area contributed by atoms with Gasteiger partial charge < -0.3 is 29.7 Å². The van der Waals surface area contributed by atoms with Crippen LogP contribution >= 0.6 is 0 Å². The molecular formula is C26H37N5O3. The second-order valence-electron chi connectivity index (χ2n) is 9.66. The van der Waals surface area contributed by atoms with Gasteiger partial charge in [-0.1, -0.05) is 12.1 Å². The maximum absolute atomic E-state index is 10.0. The van der Waals surface area contributed by atoms with Crippen LogP contribution in [-0.4, -0.2) is 79.8 Å². The van der Waals surface area contributed by atoms with E-state index in [1.54, 1.807) is 0 Å². The van der Waals surface area contributed by atoms with E-state index in [2.05, 4.69) is 21.2 Å². The summed E-state index contributed by atoms with van der Waals surface area (Å²) in [6.45, 7) is 4.40. The first kappa shape index (κ1) is 23.3. The molecule has 0 radical (unpaired) electrons. The molecule has 2 aliphatic heterocycles. The summed E-state index contributed by atoms with van der Waals surface area (Å²) in [5, 5.41) is 13.0. The Kier molecular flexibility index (Phi) is 7.47. The van der Waals surface area contributed by atoms with Crippen LogP contribution in [0.5, 0.6) is 5.75 Å². The van der Waals surface area contributed by atoms with Gasteiger partial charge in [-0.15, -0.1) is 0 Å². The summed E-state index contributed by atoms with van der Waals surface area (Å²) in [4.78, 5) is 15.0. The SMILES string of the molecule is CNCC(O)COc1cccc(-c2nc(N3CCCCC3)cc(N(C3CC3)[C@@H]3CCOC3)n2)c1. The predicted octanol–water partition coefficient (Wildman–Crippen LogP) is 2.85. The molecule has 34 heavy (non-hydrogen) atoms. The van der Waals surface area contributed by atoms with Crippen molar-refractivity contribution >= 4 is 11.6 Å². The fraction of sp³-hybridized carbons (Fsp3) is 0.615. The van der Waals surface area contributed by atoms with Gasteiger partial charge in [-0.2, -0.15) is 0 Å². The highest BCUT2D eigenvalue weighted by atomic mass is 16.5. The predicted molar refractivity (Wildman–Crippen MR) is 134 cm³/mol. The summed E-state index contributed by atoms with van der Waals surface area (Å²) in [6, 6.07) is 11.0. The number of piperidine rings is 1. The van der Waals surface area contributed by atoms with Gasteiger partial charge in [-0.05, 0) is 57.7 Å². The van der Waals surface area contributed by atoms with E-state index in [0.29, 0.717) is 24.4 Å². The minimum absolute atomic E-state index is 0.237. The first-order valence-corrected chi connectivity index (χ1v) is 12.8. The number of hydrogen-bond acceptors (Lipinski definition) is 8. The molecule has 2 saturated heterocycles. The maximum atomic E-state index is 10.0. The van der Waals surface area contributed by atoms with Crippen LogP contribution in [0.25, 0.3) is 11.4 Å². The van der Waals surface area contributed by atoms with E-state index in [-0.39, 0.29) is 6.61 Å². The van der Waals surface area contributed by atoms with Crippen molar-refractivity contribution in [2.75, 3.05) is 56.3 Å². The number of aliphatic hydroxyl groups is 1. The summed E-state index contributed by atoms with van der Waals surface area (Å²) in [5.74, 6) is 3.47. The van der Waals surface area contributed by atoms with Gasteiger partial charge in [0, 0.05) is 43.9 Å². The normalized spacial score (nSPS) is 21.5. The Morgan fingerprint density at radius 1 is 1.15 bits per heavy atom. The third-order valence-corrected chi connectivity index (χ3v) is 6.86. The minimum atomic E-state index is -0.556. The van der Waals surface area contributed by atoms with Crippen molar-refractivity contribution in [2.24, 2.45) is 0 Å². The van der Waals surface area contributed by atoms with E-state index >= 15 is 0 Å². The summed E-state index contributed by atoms with van der Waals surface area (Å²) < 4.78 is 11.6. The molecule has 2 N–H and O–H groups in total. The van der Waals surface area contributed by atoms with E-state index in [1.165, 1.54) is 32.1 Å². The Balaban J connectivity index is 1.46. The van der Waals surface area contributed by atoms with Gasteiger partial charge in [0.1, 0.15) is 30.1 Å². The number of aliphatic hydroxyl groups excluding tert-OH is 1. The molecule has 8 nitrogen and oxygen atoms in total. The topological polar surface area (TPSA) is 83.0 Å². The number of benzene rings is 1. The fourth-order valence-electron chi connectivity index (χ4n) is 4.95. The zero-order valence-electron chi connectivity index (χ0n) is 20.2. The van der Waals surface area contributed by atoms with Crippen LogP contribution in [0.15, 0.2) is 30.3 Å². The lowest BCUT2D eigenvalue weighted by atomic mass is 10.1. The molecule has 0 amide bonds. The van der Waals surface area contributed by atoms with Gasteiger partial charge in [0.05, 0.1) is 12.6 Å². The van der Waals surface area contributed by atoms with Crippen LogP contribution in [0.1, 0.15) is 38.5 Å². The zero-order valence-corrected chi connectivity index (χ0v) is 20.2. The van der Waals surface area contributed by atoms with Crippen LogP contribution in [0.4, 0.5) is 11.6 Å². The lowest BCUT2D eigenvalue weighted by molar-refractivity contribution is 0.108. The van der Waals surface area contributed by atoms with Gasteiger partial charge in [0.25, 0.3) is 0 Å². The number of hydrogen-bond donors (Lipinski definition) is 2. The molecule has 0 bridgehead atoms. The van der Waals surface area contributed by atoms with Crippen molar-refractivity contribution in [3.63, 3.8) is 0 Å². The summed E-state index contributed by atoms with van der Waals surface area (Å²) in [7, 11) is 1.82. The smallest absolute Gasteiger partial charge is 0.163 e. The van der Waals surface area contributed by atoms with Crippen molar-refractivity contribution < 1.29 is 14.6 Å². The van der Waals surface area contributed by atoms with E-state index in [9.17, 15) is 5.11 Å². The second-order valence-corrected chi connectivity index (χ2v) is 9.66. The molecule has 184 valence electrons. The van der Waals surface area contributed by atoms with E-state index < -0.39 is 6.10 Å². The third-order valence-electron chi connectivity index (χ3n) is 6.86. The molecule has 3 fully saturated rings. The van der Waals surface area contributed by atoms with Crippen molar-refractivity contribution in [1.82, 2.24) is 15.3 Å². The van der Waals surface area contributed by atoms with E-state index in [0.717, 1.165) is 55.7 Å². The van der Waals surface area contributed by atoms with Crippen molar-refractivity contribution in [3.8, 4) is 17.1 Å². The van der Waals surface area contributed by atoms with Gasteiger partial charge >= 0.3 is 0 Å². The van der Waals surface area contributed by atoms with Gasteiger partial charge in [0.2, 0.25) is 0 Å². The molecule has 1 aromatic heterocycles. The molecule has 8 heteroatoms. The molecule has 3 aliphatic rings. The second kappa shape index (κ2) is 10.9. The number of likely N-dealkylation sites (N-methyl/N-ethyl adjacent to an activating group) is 1. The monoisotopic (exact) mass is 467 g/mol. The summed E-state index contributed by atoms with van der Waals surface area (Å²) in [6.07, 6.45) is 6.62. The number of anilines is 2. The van der Waals surface area contributed by atoms with E-state index in [4.69, 9.17) is 19.4 Å². The zero-order chi connectivity index (χ0) is 23.3. The Bertz CT molecular complexity index is 942. The van der Waals surface area contributed by atoms with Crippen LogP contribution < -0.4 is 19.9 Å². The van der Waals surface area contributed by atoms with Crippen molar-refractivity contribution in [1.29, 1.82) is 0 Å². The number of aromatic nitrogens is 2. The van der Waals surface area contributed by atoms with Gasteiger partial charge in [0.15, 0.2) is 5.82 Å². The van der Waals surface area contributed by atoms with Crippen LogP contribution in [0.3, 0.4) is 0 Å². The molecule has 5 rings (SSSR count). The number of nitrogens with zero attached hydrogens (tertiary/aromatic N) is 4. The van der Waals surface area contributed by atoms with Gasteiger partial charge in [-0.25, -0.2) is 9.97 Å². The number of rotatable bonds is 10. The molecule has 2 aromatic rings. The van der Waals surface area contributed by atoms with Crippen LogP contribution in [0.2, 0.25) is 0 Å². The highest BCUT2D eigenvalue weighted by Gasteiger charge is 2.37. The molecule has 1 aromatic carbocycles. The Labute approximate surface area is 202 Å². The Hall–Kier alpha value is -2.42. The van der Waals surface area contributed by atoms with E-state index in [1.807, 2.05) is 31.3 Å². The quantitative estimate of drug-likeness (QED) is 0.552. The van der Waals surface area contributed by atoms with Crippen LogP contribution in [-0.2, 0) is 4.74 Å². The Morgan fingerprint density at radius 3 is 2.74 bits per heavy atom. The average molecular weight is 468 g/mol. The molecule has 1 unspecified atom stereocenters. The third kappa shape index (κ3) is 5.62. The molecular weight excluding hydrogens is 430 g/mol. The summed E-state index contributed by atoms with van der Waals surface area (Å²) in [5.41, 5.74) is 0.930. The highest BCUT2D eigenvalue weighted by molar-refractivity contribution is 5.64. The summed E-state index contributed by atoms with van der Waals surface area (Å²) >= 11 is 0. The number of nitrogens with one attached hydrogen (secondary N) is 1. The maximum Gasteiger partial charge on any atom is 0.163 e. The van der Waals surface area contributed by atoms with Crippen molar-refractivity contribution in [2.45, 2.75) is 56.7 Å². The van der Waals surface area contributed by atoms with Gasteiger partial charge in [-0.3, -0.25) is 0 Å². The minimum Gasteiger partial charge on any atom is -0.491 e. The standard InChI is InChI=1S/C26H37N5O3/c1-27-16-22(32)18-34-23-7-5-6-19(14-23)26-28-24(30-11-3-2-4-12-30)15-25(29-26)31(20-8-9-20)21-10-13-33-17-21/h5-7,14-15,20-22,27,32H,2-4,8-13,16-18H2,1H3/t21-,22?/m1/s1. The molecule has 1 aliphatic carbocycles. The number of ether oxygens (including phenoxy) is 2. The van der Waals surface area contributed by atoms with Crippen molar-refractivity contribution in [3.05, 3.63) is 30.3 Å². The largest absolute Gasteiger partial charge is 0.491 e. The lowest BCUT2D eigenvalue weighted by Gasteiger charge is -2.32. The first-order chi connectivity index (χ1) is 16.7. The molecule has 0 spiro atoms. The highest BCUT2D eigenvalue weighted by Crippen LogP contribution is 2.37.